The van der Waals surface area contributed by atoms with Crippen molar-refractivity contribution in [3.8, 4) is 22.9 Å². The number of hydrogen-bond donors (Lipinski definition) is 1. The predicted molar refractivity (Wildman–Crippen MR) is 130 cm³/mol. The van der Waals surface area contributed by atoms with Gasteiger partial charge >= 0.3 is 5.97 Å². The average Bonchev–Trinajstić information content (AvgIpc) is 3.59. The number of ketones is 1. The minimum Gasteiger partial charge on any atom is -0.463 e. The number of thioether (sulfide) groups is 1. The maximum atomic E-state index is 12.7. The highest BCUT2D eigenvalue weighted by Crippen LogP contribution is 2.35. The zero-order valence-electron chi connectivity index (χ0n) is 19.0. The van der Waals surface area contributed by atoms with E-state index < -0.39 is 11.9 Å². The molecule has 10 nitrogen and oxygen atoms in total. The van der Waals surface area contributed by atoms with Gasteiger partial charge in [-0.2, -0.15) is 0 Å². The number of hydrogen-bond acceptors (Lipinski definition) is 11. The van der Waals surface area contributed by atoms with E-state index in [0.29, 0.717) is 33.3 Å². The predicted octanol–water partition coefficient (Wildman–Crippen LogP) is 4.87. The quantitative estimate of drug-likeness (QED) is 0.188. The number of thiophene rings is 1. The topological polar surface area (TPSA) is 137 Å². The summed E-state index contributed by atoms with van der Waals surface area (Å²) < 4.78 is 16.0. The second-order valence-electron chi connectivity index (χ2n) is 7.12. The van der Waals surface area contributed by atoms with Crippen LogP contribution in [0, 0.1) is 6.92 Å². The van der Waals surface area contributed by atoms with Crippen molar-refractivity contribution < 1.29 is 28.0 Å². The maximum absolute atomic E-state index is 12.7. The Kier molecular flexibility index (Phi) is 7.42. The van der Waals surface area contributed by atoms with Crippen molar-refractivity contribution in [3.63, 3.8) is 0 Å². The number of nitrogens with one attached hydrogen (secondary N) is 1. The second-order valence-corrected chi connectivity index (χ2v) is 9.08. The molecule has 0 unspecified atom stereocenters. The normalized spacial score (nSPS) is 10.8. The van der Waals surface area contributed by atoms with Gasteiger partial charge in [-0.25, -0.2) is 9.78 Å². The average molecular weight is 513 g/mol. The fourth-order valence-corrected chi connectivity index (χ4v) is 4.91. The molecule has 12 heteroatoms. The summed E-state index contributed by atoms with van der Waals surface area (Å²) in [6.45, 7) is 4.91. The van der Waals surface area contributed by atoms with Crippen LogP contribution in [0.5, 0.6) is 0 Å². The monoisotopic (exact) mass is 512 g/mol. The van der Waals surface area contributed by atoms with Crippen LogP contribution in [0.15, 0.2) is 50.8 Å². The van der Waals surface area contributed by atoms with E-state index in [0.717, 1.165) is 23.1 Å². The number of carbonyl (C=O) groups excluding carboxylic acids is 3. The van der Waals surface area contributed by atoms with Gasteiger partial charge in [0.05, 0.1) is 35.3 Å². The van der Waals surface area contributed by atoms with Crippen molar-refractivity contribution in [3.05, 3.63) is 52.8 Å². The molecule has 0 aliphatic heterocycles. The van der Waals surface area contributed by atoms with Gasteiger partial charge in [-0.05, 0) is 50.6 Å². The van der Waals surface area contributed by atoms with Crippen molar-refractivity contribution in [2.45, 2.75) is 25.9 Å². The number of esters is 1. The SMILES string of the molecule is CCOC(=O)c1c(NC(=O)CSc2nnc(-c3ccco3)c(-c3ccco3)n2)sc(C(C)=O)c1C. The highest BCUT2D eigenvalue weighted by atomic mass is 32.2. The highest BCUT2D eigenvalue weighted by Gasteiger charge is 2.25. The van der Waals surface area contributed by atoms with E-state index in [1.165, 1.54) is 19.5 Å². The van der Waals surface area contributed by atoms with Gasteiger partial charge in [0.15, 0.2) is 23.0 Å². The third kappa shape index (κ3) is 5.33. The Hall–Kier alpha value is -3.77. The Balaban J connectivity index is 1.53. The molecule has 0 bridgehead atoms. The summed E-state index contributed by atoms with van der Waals surface area (Å²) >= 11 is 2.10. The lowest BCUT2D eigenvalue weighted by molar-refractivity contribution is -0.113. The van der Waals surface area contributed by atoms with Crippen LogP contribution in [0.3, 0.4) is 0 Å². The van der Waals surface area contributed by atoms with E-state index in [4.69, 9.17) is 13.6 Å². The van der Waals surface area contributed by atoms with Gasteiger partial charge < -0.3 is 18.9 Å². The first kappa shape index (κ1) is 24.4. The van der Waals surface area contributed by atoms with Crippen molar-refractivity contribution in [1.29, 1.82) is 0 Å². The standard InChI is InChI=1S/C23H20N4O6S2/c1-4-31-22(30)17-12(2)20(13(3)28)35-21(17)24-16(29)11-34-23-25-18(14-7-5-9-32-14)19(26-27-23)15-8-6-10-33-15/h5-10H,4,11H2,1-3H3,(H,24,29). The third-order valence-corrected chi connectivity index (χ3v) is 6.85. The van der Waals surface area contributed by atoms with Gasteiger partial charge in [-0.3, -0.25) is 9.59 Å². The van der Waals surface area contributed by atoms with E-state index in [1.54, 1.807) is 38.1 Å². The lowest BCUT2D eigenvalue weighted by Gasteiger charge is -2.07. The number of ether oxygens (including phenoxy) is 1. The molecule has 1 amide bonds. The maximum Gasteiger partial charge on any atom is 0.341 e. The third-order valence-electron chi connectivity index (χ3n) is 4.71. The van der Waals surface area contributed by atoms with Crippen LogP contribution in [-0.2, 0) is 9.53 Å². The van der Waals surface area contributed by atoms with E-state index in [1.807, 2.05) is 0 Å². The molecule has 0 saturated heterocycles. The fraction of sp³-hybridized carbons (Fsp3) is 0.217. The molecule has 0 fully saturated rings. The van der Waals surface area contributed by atoms with Crippen LogP contribution in [0.1, 0.15) is 39.4 Å². The molecule has 4 rings (SSSR count). The summed E-state index contributed by atoms with van der Waals surface area (Å²) in [7, 11) is 0. The molecule has 0 atom stereocenters. The smallest absolute Gasteiger partial charge is 0.341 e. The molecule has 0 aromatic carbocycles. The van der Waals surface area contributed by atoms with Crippen LogP contribution in [-0.4, -0.2) is 45.2 Å². The highest BCUT2D eigenvalue weighted by molar-refractivity contribution is 7.99. The number of carbonyl (C=O) groups is 3. The zero-order chi connectivity index (χ0) is 24.9. The number of anilines is 1. The zero-order valence-corrected chi connectivity index (χ0v) is 20.6. The molecule has 180 valence electrons. The van der Waals surface area contributed by atoms with Crippen molar-refractivity contribution in [1.82, 2.24) is 15.2 Å². The van der Waals surface area contributed by atoms with E-state index >= 15 is 0 Å². The van der Waals surface area contributed by atoms with E-state index in [2.05, 4.69) is 20.5 Å². The number of amides is 1. The molecule has 1 N–H and O–H groups in total. The summed E-state index contributed by atoms with van der Waals surface area (Å²) in [5.74, 6) is -0.312. The molecule has 0 saturated carbocycles. The second kappa shape index (κ2) is 10.7. The Morgan fingerprint density at radius 3 is 2.37 bits per heavy atom. The molecule has 0 radical (unpaired) electrons. The lowest BCUT2D eigenvalue weighted by Crippen LogP contribution is -2.16. The molecule has 0 aliphatic carbocycles. The molecular weight excluding hydrogens is 492 g/mol. The molecule has 0 spiro atoms. The molecule has 0 aliphatic rings. The Labute approximate surface area is 208 Å². The van der Waals surface area contributed by atoms with Gasteiger partial charge in [-0.15, -0.1) is 21.5 Å². The summed E-state index contributed by atoms with van der Waals surface area (Å²) in [6.07, 6.45) is 3.04. The first-order valence-corrected chi connectivity index (χ1v) is 12.3. The number of aromatic nitrogens is 3. The minimum absolute atomic E-state index is 0.0615. The van der Waals surface area contributed by atoms with Crippen LogP contribution < -0.4 is 5.32 Å². The van der Waals surface area contributed by atoms with Gasteiger partial charge in [0.1, 0.15) is 10.7 Å². The number of Topliss-reactive ketones (excluding diaryl/α,β-unsaturated/α-hetero) is 1. The van der Waals surface area contributed by atoms with Crippen molar-refractivity contribution in [2.24, 2.45) is 0 Å². The van der Waals surface area contributed by atoms with Gasteiger partial charge in [0.25, 0.3) is 0 Å². The molecule has 35 heavy (non-hydrogen) atoms. The molecule has 4 aromatic heterocycles. The number of furan rings is 2. The molecule has 4 aromatic rings. The molecule has 4 heterocycles. The molecular formula is C23H20N4O6S2. The summed E-state index contributed by atoms with van der Waals surface area (Å²) in [5, 5.41) is 11.5. The van der Waals surface area contributed by atoms with Gasteiger partial charge in [0.2, 0.25) is 11.1 Å². The van der Waals surface area contributed by atoms with Gasteiger partial charge in [0, 0.05) is 0 Å². The Bertz CT molecular complexity index is 1360. The Morgan fingerprint density at radius 1 is 1.09 bits per heavy atom. The van der Waals surface area contributed by atoms with Crippen LogP contribution in [0.25, 0.3) is 22.9 Å². The van der Waals surface area contributed by atoms with Gasteiger partial charge in [-0.1, -0.05) is 11.8 Å². The van der Waals surface area contributed by atoms with Crippen LogP contribution in [0.2, 0.25) is 0 Å². The van der Waals surface area contributed by atoms with Crippen LogP contribution in [0.4, 0.5) is 5.00 Å². The lowest BCUT2D eigenvalue weighted by atomic mass is 10.1. The first-order valence-electron chi connectivity index (χ1n) is 10.5. The Morgan fingerprint density at radius 2 is 1.77 bits per heavy atom. The largest absolute Gasteiger partial charge is 0.463 e. The van der Waals surface area contributed by atoms with Crippen molar-refractivity contribution >= 4 is 45.8 Å². The van der Waals surface area contributed by atoms with Crippen molar-refractivity contribution in [2.75, 3.05) is 17.7 Å². The summed E-state index contributed by atoms with van der Waals surface area (Å²) in [4.78, 5) is 42.0. The summed E-state index contributed by atoms with van der Waals surface area (Å²) in [6, 6.07) is 6.92. The van der Waals surface area contributed by atoms with Crippen LogP contribution >= 0.6 is 23.1 Å². The first-order chi connectivity index (χ1) is 16.9. The minimum atomic E-state index is -0.596. The number of rotatable bonds is 9. The van der Waals surface area contributed by atoms with E-state index in [-0.39, 0.29) is 33.9 Å². The fourth-order valence-electron chi connectivity index (χ4n) is 3.22. The number of nitrogens with zero attached hydrogens (tertiary/aromatic N) is 3. The van der Waals surface area contributed by atoms with E-state index in [9.17, 15) is 14.4 Å². The summed E-state index contributed by atoms with van der Waals surface area (Å²) in [5.41, 5.74) is 1.49.